The minimum absolute atomic E-state index is 0.266. The smallest absolute Gasteiger partial charge is 0.136 e. The maximum Gasteiger partial charge on any atom is 0.136 e. The lowest BCUT2D eigenvalue weighted by molar-refractivity contribution is 0.309. The van der Waals surface area contributed by atoms with E-state index in [1.54, 1.807) is 0 Å². The summed E-state index contributed by atoms with van der Waals surface area (Å²) >= 11 is 0. The molecule has 0 aliphatic rings. The highest BCUT2D eigenvalue weighted by Crippen LogP contribution is 1.65. The summed E-state index contributed by atoms with van der Waals surface area (Å²) in [6, 6.07) is 0. The number of aliphatic hydroxyl groups is 1. The SMILES string of the molecule is C=CC(N)=NCO. The molecule has 0 spiro atoms. The van der Waals surface area contributed by atoms with Crippen molar-refractivity contribution in [2.24, 2.45) is 10.7 Å². The highest BCUT2D eigenvalue weighted by atomic mass is 16.3. The Bertz CT molecular complexity index is 87.7. The zero-order chi connectivity index (χ0) is 5.70. The van der Waals surface area contributed by atoms with Gasteiger partial charge < -0.3 is 10.8 Å². The molecule has 7 heavy (non-hydrogen) atoms. The van der Waals surface area contributed by atoms with Crippen molar-refractivity contribution in [3.63, 3.8) is 0 Å². The van der Waals surface area contributed by atoms with E-state index in [1.807, 2.05) is 0 Å². The number of rotatable bonds is 2. The monoisotopic (exact) mass is 100 g/mol. The predicted molar refractivity (Wildman–Crippen MR) is 28.9 cm³/mol. The average molecular weight is 100 g/mol. The molecule has 0 aromatic rings. The van der Waals surface area contributed by atoms with E-state index in [0.29, 0.717) is 0 Å². The van der Waals surface area contributed by atoms with Crippen molar-refractivity contribution in [3.8, 4) is 0 Å². The number of nitrogens with zero attached hydrogens (tertiary/aromatic N) is 1. The van der Waals surface area contributed by atoms with Gasteiger partial charge in [0.25, 0.3) is 0 Å². The first-order chi connectivity index (χ1) is 3.31. The number of nitrogens with two attached hydrogens (primary N) is 1. The average Bonchev–Trinajstić information content (AvgIpc) is 1.68. The Kier molecular flexibility index (Phi) is 2.96. The molecule has 0 bridgehead atoms. The molecular weight excluding hydrogens is 92.1 g/mol. The zero-order valence-corrected chi connectivity index (χ0v) is 3.96. The van der Waals surface area contributed by atoms with E-state index in [9.17, 15) is 0 Å². The molecule has 3 heteroatoms. The molecule has 0 aromatic carbocycles. The van der Waals surface area contributed by atoms with E-state index in [1.165, 1.54) is 6.08 Å². The molecule has 0 rings (SSSR count). The normalized spacial score (nSPS) is 11.3. The molecule has 0 fully saturated rings. The first kappa shape index (κ1) is 6.17. The third kappa shape index (κ3) is 2.99. The predicted octanol–water partition coefficient (Wildman–Crippen LogP) is -0.521. The van der Waals surface area contributed by atoms with E-state index in [4.69, 9.17) is 10.8 Å². The fourth-order valence-electron chi connectivity index (χ4n) is 0.146. The second-order valence-electron chi connectivity index (χ2n) is 0.929. The first-order valence-corrected chi connectivity index (χ1v) is 1.84. The van der Waals surface area contributed by atoms with Gasteiger partial charge in [0.2, 0.25) is 0 Å². The largest absolute Gasteiger partial charge is 0.384 e. The van der Waals surface area contributed by atoms with Gasteiger partial charge in [-0.05, 0) is 6.08 Å². The van der Waals surface area contributed by atoms with Crippen molar-refractivity contribution >= 4 is 5.84 Å². The molecule has 0 unspecified atom stereocenters. The molecule has 0 atom stereocenters. The molecule has 0 aliphatic carbocycles. The highest BCUT2D eigenvalue weighted by Gasteiger charge is 1.73. The maximum atomic E-state index is 8.05. The number of hydrogen-bond donors (Lipinski definition) is 2. The number of amidine groups is 1. The quantitative estimate of drug-likeness (QED) is 0.362. The zero-order valence-electron chi connectivity index (χ0n) is 3.96. The third-order valence-corrected chi connectivity index (χ3v) is 0.462. The van der Waals surface area contributed by atoms with Crippen LogP contribution in [0.25, 0.3) is 0 Å². The van der Waals surface area contributed by atoms with E-state index in [0.717, 1.165) is 0 Å². The Morgan fingerprint density at radius 2 is 2.57 bits per heavy atom. The van der Waals surface area contributed by atoms with Crippen LogP contribution in [0.5, 0.6) is 0 Å². The molecule has 0 radical (unpaired) electrons. The summed E-state index contributed by atoms with van der Waals surface area (Å²) in [6.45, 7) is 3.05. The van der Waals surface area contributed by atoms with Gasteiger partial charge in [-0.3, -0.25) is 0 Å². The van der Waals surface area contributed by atoms with E-state index >= 15 is 0 Å². The molecule has 40 valence electrons. The molecule has 0 saturated heterocycles. The summed E-state index contributed by atoms with van der Waals surface area (Å²) in [5.41, 5.74) is 5.06. The number of aliphatic hydroxyl groups excluding tert-OH is 1. The Morgan fingerprint density at radius 1 is 2.00 bits per heavy atom. The fraction of sp³-hybridized carbons (Fsp3) is 0.250. The van der Waals surface area contributed by atoms with Crippen molar-refractivity contribution in [1.82, 2.24) is 0 Å². The minimum atomic E-state index is -0.266. The lowest BCUT2D eigenvalue weighted by Gasteiger charge is -1.84. The lowest BCUT2D eigenvalue weighted by atomic mass is 10.6. The highest BCUT2D eigenvalue weighted by molar-refractivity contribution is 5.90. The summed E-state index contributed by atoms with van der Waals surface area (Å²) < 4.78 is 0. The molecule has 0 aliphatic heterocycles. The van der Waals surface area contributed by atoms with Crippen LogP contribution < -0.4 is 5.73 Å². The van der Waals surface area contributed by atoms with E-state index < -0.39 is 0 Å². The van der Waals surface area contributed by atoms with Gasteiger partial charge in [0.1, 0.15) is 12.6 Å². The molecule has 3 N–H and O–H groups in total. The van der Waals surface area contributed by atoms with Crippen LogP contribution in [0.2, 0.25) is 0 Å². The summed E-state index contributed by atoms with van der Waals surface area (Å²) in [6.07, 6.45) is 1.37. The third-order valence-electron chi connectivity index (χ3n) is 0.462. The minimum Gasteiger partial charge on any atom is -0.384 e. The van der Waals surface area contributed by atoms with Gasteiger partial charge in [-0.25, -0.2) is 4.99 Å². The first-order valence-electron chi connectivity index (χ1n) is 1.84. The van der Waals surface area contributed by atoms with Crippen molar-refractivity contribution in [3.05, 3.63) is 12.7 Å². The standard InChI is InChI=1S/C4H8N2O/c1-2-4(5)6-3-7/h2,7H,1,3H2,(H2,5,6). The Labute approximate surface area is 42.2 Å². The Morgan fingerprint density at radius 3 is 2.71 bits per heavy atom. The Hall–Kier alpha value is -0.830. The van der Waals surface area contributed by atoms with Gasteiger partial charge in [-0.1, -0.05) is 6.58 Å². The van der Waals surface area contributed by atoms with Crippen LogP contribution in [0.1, 0.15) is 0 Å². The van der Waals surface area contributed by atoms with Crippen LogP contribution in [0.3, 0.4) is 0 Å². The second kappa shape index (κ2) is 3.36. The van der Waals surface area contributed by atoms with E-state index in [2.05, 4.69) is 11.6 Å². The van der Waals surface area contributed by atoms with Crippen molar-refractivity contribution < 1.29 is 5.11 Å². The summed E-state index contributed by atoms with van der Waals surface area (Å²) in [7, 11) is 0. The summed E-state index contributed by atoms with van der Waals surface area (Å²) in [4.78, 5) is 3.38. The fourth-order valence-corrected chi connectivity index (χ4v) is 0.146. The van der Waals surface area contributed by atoms with Crippen molar-refractivity contribution in [2.75, 3.05) is 6.73 Å². The van der Waals surface area contributed by atoms with Crippen LogP contribution in [-0.2, 0) is 0 Å². The van der Waals surface area contributed by atoms with Gasteiger partial charge >= 0.3 is 0 Å². The Balaban J connectivity index is 3.49. The topological polar surface area (TPSA) is 58.6 Å². The van der Waals surface area contributed by atoms with Crippen molar-refractivity contribution in [1.29, 1.82) is 0 Å². The van der Waals surface area contributed by atoms with E-state index in [-0.39, 0.29) is 12.6 Å². The molecule has 0 saturated carbocycles. The molecular formula is C4H8N2O. The van der Waals surface area contributed by atoms with Crippen LogP contribution in [-0.4, -0.2) is 17.7 Å². The van der Waals surface area contributed by atoms with Crippen LogP contribution in [0.4, 0.5) is 0 Å². The number of aliphatic imine (C=N–C) groups is 1. The maximum absolute atomic E-state index is 8.05. The molecule has 0 amide bonds. The summed E-state index contributed by atoms with van der Waals surface area (Å²) in [5, 5.41) is 8.05. The lowest BCUT2D eigenvalue weighted by Crippen LogP contribution is -2.07. The van der Waals surface area contributed by atoms with Gasteiger partial charge in [0.15, 0.2) is 0 Å². The van der Waals surface area contributed by atoms with Gasteiger partial charge in [0, 0.05) is 0 Å². The van der Waals surface area contributed by atoms with Crippen LogP contribution >= 0.6 is 0 Å². The van der Waals surface area contributed by atoms with Gasteiger partial charge in [-0.15, -0.1) is 0 Å². The van der Waals surface area contributed by atoms with Gasteiger partial charge in [0.05, 0.1) is 0 Å². The van der Waals surface area contributed by atoms with Crippen molar-refractivity contribution in [2.45, 2.75) is 0 Å². The molecule has 3 nitrogen and oxygen atoms in total. The molecule has 0 heterocycles. The summed E-state index contributed by atoms with van der Waals surface area (Å²) in [5.74, 6) is 0.266. The van der Waals surface area contributed by atoms with Crippen LogP contribution in [0, 0.1) is 0 Å². The van der Waals surface area contributed by atoms with Crippen LogP contribution in [0.15, 0.2) is 17.6 Å². The van der Waals surface area contributed by atoms with Gasteiger partial charge in [-0.2, -0.15) is 0 Å². The second-order valence-corrected chi connectivity index (χ2v) is 0.929. The molecule has 0 aromatic heterocycles. The number of hydrogen-bond acceptors (Lipinski definition) is 2.